The highest BCUT2D eigenvalue weighted by molar-refractivity contribution is 7.85. The minimum absolute atomic E-state index is 0.135. The van der Waals surface area contributed by atoms with E-state index in [1.54, 1.807) is 4.90 Å². The Hall–Kier alpha value is -3.93. The molecule has 3 aromatic rings. The number of carbonyl (C=O) groups is 1. The minimum Gasteiger partial charge on any atom is -0.342 e. The van der Waals surface area contributed by atoms with Gasteiger partial charge in [-0.05, 0) is 35.9 Å². The zero-order valence-corrected chi connectivity index (χ0v) is 17.2. The average molecular weight is 433 g/mol. The van der Waals surface area contributed by atoms with Crippen molar-refractivity contribution < 1.29 is 17.8 Å². The van der Waals surface area contributed by atoms with Crippen LogP contribution in [-0.4, -0.2) is 18.9 Å². The molecule has 156 valence electrons. The highest BCUT2D eigenvalue weighted by Gasteiger charge is 2.15. The van der Waals surface area contributed by atoms with E-state index in [-0.39, 0.29) is 16.2 Å². The van der Waals surface area contributed by atoms with E-state index in [2.05, 4.69) is 5.32 Å². The van der Waals surface area contributed by atoms with Gasteiger partial charge in [0, 0.05) is 24.1 Å². The number of nitriles is 1. The summed E-state index contributed by atoms with van der Waals surface area (Å²) in [6.07, 6.45) is 1.45. The average Bonchev–Trinajstić information content (AvgIpc) is 2.77. The van der Waals surface area contributed by atoms with E-state index in [1.165, 1.54) is 24.4 Å². The lowest BCUT2D eigenvalue weighted by molar-refractivity contribution is -0.112. The quantitative estimate of drug-likeness (QED) is 0.331. The molecule has 0 unspecified atom stereocenters. The first-order chi connectivity index (χ1) is 14.9. The maximum Gasteiger partial charge on any atom is 0.294 e. The molecule has 0 saturated carbocycles. The summed E-state index contributed by atoms with van der Waals surface area (Å²) in [5.74, 6) is -0.705. The van der Waals surface area contributed by atoms with E-state index in [1.807, 2.05) is 66.7 Å². The van der Waals surface area contributed by atoms with E-state index in [9.17, 15) is 23.0 Å². The van der Waals surface area contributed by atoms with Crippen LogP contribution in [0.25, 0.3) is 0 Å². The molecule has 0 bridgehead atoms. The summed E-state index contributed by atoms with van der Waals surface area (Å²) >= 11 is 0. The number of amides is 1. The van der Waals surface area contributed by atoms with Gasteiger partial charge in [0.05, 0.1) is 4.90 Å². The molecule has 0 fully saturated rings. The summed E-state index contributed by atoms with van der Waals surface area (Å²) < 4.78 is 31.8. The summed E-state index contributed by atoms with van der Waals surface area (Å²) in [5, 5.41) is 12.1. The first-order valence-electron chi connectivity index (χ1n) is 9.23. The van der Waals surface area contributed by atoms with E-state index in [0.717, 1.165) is 17.3 Å². The van der Waals surface area contributed by atoms with Gasteiger partial charge in [-0.25, -0.2) is 0 Å². The van der Waals surface area contributed by atoms with Crippen LogP contribution in [0, 0.1) is 11.3 Å². The summed E-state index contributed by atoms with van der Waals surface area (Å²) in [7, 11) is -4.42. The van der Waals surface area contributed by atoms with Crippen LogP contribution in [0.3, 0.4) is 0 Å². The Bertz CT molecular complexity index is 1230. The number of nitrogens with one attached hydrogen (secondary N) is 1. The molecule has 0 aliphatic heterocycles. The first kappa shape index (κ1) is 21.8. The Balaban J connectivity index is 1.89. The molecule has 0 aliphatic rings. The van der Waals surface area contributed by atoms with E-state index in [0.29, 0.717) is 6.54 Å². The molecule has 7 nitrogen and oxygen atoms in total. The Labute approximate surface area is 180 Å². The van der Waals surface area contributed by atoms with Crippen molar-refractivity contribution >= 4 is 27.4 Å². The number of para-hydroxylation sites is 1. The van der Waals surface area contributed by atoms with Crippen LogP contribution in [0.4, 0.5) is 11.4 Å². The van der Waals surface area contributed by atoms with Crippen LogP contribution in [0.2, 0.25) is 0 Å². The number of hydrogen-bond donors (Lipinski definition) is 2. The molecule has 2 N–H and O–H groups in total. The van der Waals surface area contributed by atoms with Crippen LogP contribution >= 0.6 is 0 Å². The largest absolute Gasteiger partial charge is 0.342 e. The standard InChI is InChI=1S/C23H19N3O4S/c24-15-19(23(27)25-20-10-7-13-22(14-20)31(28,29)30)17-26(21-11-5-2-6-12-21)16-18-8-3-1-4-9-18/h1-14,17H,16H2,(H,25,27)(H,28,29,30)/b19-17-. The molecule has 3 aromatic carbocycles. The Kier molecular flexibility index (Phi) is 6.82. The summed E-state index contributed by atoms with van der Waals surface area (Å²) in [6.45, 7) is 0.432. The molecular formula is C23H19N3O4S. The van der Waals surface area contributed by atoms with Crippen molar-refractivity contribution in [3.8, 4) is 6.07 Å². The molecule has 0 heterocycles. The monoisotopic (exact) mass is 433 g/mol. The normalized spacial score (nSPS) is 11.4. The lowest BCUT2D eigenvalue weighted by Crippen LogP contribution is -2.20. The summed E-state index contributed by atoms with van der Waals surface area (Å²) in [4.78, 5) is 14.1. The predicted octanol–water partition coefficient (Wildman–Crippen LogP) is 3.99. The molecule has 0 aliphatic carbocycles. The van der Waals surface area contributed by atoms with Gasteiger partial charge in [0.25, 0.3) is 16.0 Å². The summed E-state index contributed by atoms with van der Waals surface area (Å²) in [5.41, 5.74) is 1.74. The first-order valence-corrected chi connectivity index (χ1v) is 10.7. The molecule has 0 saturated heterocycles. The third-order valence-corrected chi connectivity index (χ3v) is 5.17. The van der Waals surface area contributed by atoms with Crippen LogP contribution in [0.1, 0.15) is 5.56 Å². The molecule has 1 amide bonds. The SMILES string of the molecule is N#C/C(=C/N(Cc1ccccc1)c1ccccc1)C(=O)Nc1cccc(S(=O)(=O)O)c1. The number of nitrogens with zero attached hydrogens (tertiary/aromatic N) is 2. The van der Waals surface area contributed by atoms with Gasteiger partial charge in [-0.2, -0.15) is 13.7 Å². The second kappa shape index (κ2) is 9.71. The lowest BCUT2D eigenvalue weighted by atomic mass is 10.2. The molecule has 0 radical (unpaired) electrons. The molecular weight excluding hydrogens is 414 g/mol. The number of hydrogen-bond acceptors (Lipinski definition) is 5. The van der Waals surface area contributed by atoms with Crippen LogP contribution in [0.5, 0.6) is 0 Å². The highest BCUT2D eigenvalue weighted by atomic mass is 32.2. The third-order valence-electron chi connectivity index (χ3n) is 4.32. The smallest absolute Gasteiger partial charge is 0.294 e. The zero-order valence-electron chi connectivity index (χ0n) is 16.3. The minimum atomic E-state index is -4.42. The van der Waals surface area contributed by atoms with Gasteiger partial charge < -0.3 is 10.2 Å². The maximum atomic E-state index is 12.7. The summed E-state index contributed by atoms with van der Waals surface area (Å²) in [6, 6.07) is 25.9. The molecule has 0 aromatic heterocycles. The van der Waals surface area contributed by atoms with Gasteiger partial charge in [0.2, 0.25) is 0 Å². The van der Waals surface area contributed by atoms with Crippen molar-refractivity contribution in [1.29, 1.82) is 5.26 Å². The van der Waals surface area contributed by atoms with Crippen LogP contribution < -0.4 is 10.2 Å². The highest BCUT2D eigenvalue weighted by Crippen LogP contribution is 2.20. The van der Waals surface area contributed by atoms with Gasteiger partial charge in [0.15, 0.2) is 0 Å². The van der Waals surface area contributed by atoms with Crippen molar-refractivity contribution in [3.63, 3.8) is 0 Å². The number of benzene rings is 3. The Morgan fingerprint density at radius 2 is 1.65 bits per heavy atom. The third kappa shape index (κ3) is 6.02. The van der Waals surface area contributed by atoms with E-state index >= 15 is 0 Å². The van der Waals surface area contributed by atoms with Gasteiger partial charge in [-0.3, -0.25) is 9.35 Å². The maximum absolute atomic E-state index is 12.7. The van der Waals surface area contributed by atoms with Crippen LogP contribution in [0.15, 0.2) is 102 Å². The van der Waals surface area contributed by atoms with E-state index < -0.39 is 16.0 Å². The molecule has 0 spiro atoms. The van der Waals surface area contributed by atoms with Crippen molar-refractivity contribution in [2.45, 2.75) is 11.4 Å². The van der Waals surface area contributed by atoms with Gasteiger partial charge in [-0.1, -0.05) is 54.6 Å². The van der Waals surface area contributed by atoms with Crippen molar-refractivity contribution in [1.82, 2.24) is 0 Å². The zero-order chi connectivity index (χ0) is 22.3. The second-order valence-corrected chi connectivity index (χ2v) is 7.98. The molecule has 31 heavy (non-hydrogen) atoms. The van der Waals surface area contributed by atoms with E-state index in [4.69, 9.17) is 0 Å². The van der Waals surface area contributed by atoms with Crippen molar-refractivity contribution in [2.24, 2.45) is 0 Å². The second-order valence-electron chi connectivity index (χ2n) is 6.56. The van der Waals surface area contributed by atoms with Gasteiger partial charge in [0.1, 0.15) is 11.6 Å². The van der Waals surface area contributed by atoms with Crippen molar-refractivity contribution in [2.75, 3.05) is 10.2 Å². The Morgan fingerprint density at radius 3 is 2.26 bits per heavy atom. The fourth-order valence-electron chi connectivity index (χ4n) is 2.84. The number of carbonyl (C=O) groups excluding carboxylic acids is 1. The number of anilines is 2. The lowest BCUT2D eigenvalue weighted by Gasteiger charge is -2.21. The fraction of sp³-hybridized carbons (Fsp3) is 0.0435. The van der Waals surface area contributed by atoms with Crippen molar-refractivity contribution in [3.05, 3.63) is 102 Å². The molecule has 3 rings (SSSR count). The molecule has 0 atom stereocenters. The number of rotatable bonds is 7. The van der Waals surface area contributed by atoms with Gasteiger partial charge >= 0.3 is 0 Å². The predicted molar refractivity (Wildman–Crippen MR) is 118 cm³/mol. The van der Waals surface area contributed by atoms with Gasteiger partial charge in [-0.15, -0.1) is 0 Å². The Morgan fingerprint density at radius 1 is 1.00 bits per heavy atom. The molecule has 8 heteroatoms. The topological polar surface area (TPSA) is 111 Å². The fourth-order valence-corrected chi connectivity index (χ4v) is 3.36. The van der Waals surface area contributed by atoms with Crippen LogP contribution in [-0.2, 0) is 21.5 Å².